The molecule has 0 radical (unpaired) electrons. The Morgan fingerprint density at radius 2 is 1.79 bits per heavy atom. The second-order valence-corrected chi connectivity index (χ2v) is 6.98. The van der Waals surface area contributed by atoms with Gasteiger partial charge in [0.2, 0.25) is 5.91 Å². The number of carbonyl (C=O) groups is 1. The number of carbonyl (C=O) groups excluding carboxylic acids is 1. The summed E-state index contributed by atoms with van der Waals surface area (Å²) in [7, 11) is 3.10. The molecule has 0 bridgehead atoms. The third-order valence-electron chi connectivity index (χ3n) is 5.11. The normalized spacial score (nSPS) is 14.8. The quantitative estimate of drug-likeness (QED) is 0.733. The third-order valence-corrected chi connectivity index (χ3v) is 5.11. The first-order valence-electron chi connectivity index (χ1n) is 9.54. The number of piperazine rings is 1. The van der Waals surface area contributed by atoms with Crippen LogP contribution in [0.1, 0.15) is 17.5 Å². The molecule has 0 spiro atoms. The van der Waals surface area contributed by atoms with E-state index < -0.39 is 0 Å². The highest BCUT2D eigenvalue weighted by molar-refractivity contribution is 5.76. The Balaban J connectivity index is 1.45. The Morgan fingerprint density at radius 1 is 1.00 bits per heavy atom. The van der Waals surface area contributed by atoms with Crippen LogP contribution in [0.15, 0.2) is 42.5 Å². The molecule has 1 aliphatic heterocycles. The fourth-order valence-electron chi connectivity index (χ4n) is 3.46. The Morgan fingerprint density at radius 3 is 2.46 bits per heavy atom. The van der Waals surface area contributed by atoms with E-state index in [4.69, 9.17) is 9.47 Å². The molecule has 5 nitrogen and oxygen atoms in total. The molecule has 1 heterocycles. The lowest BCUT2D eigenvalue weighted by Gasteiger charge is -2.35. The number of hydrogen-bond acceptors (Lipinski definition) is 4. The fraction of sp³-hybridized carbons (Fsp3) is 0.409. The van der Waals surface area contributed by atoms with E-state index in [-0.39, 0.29) is 17.5 Å². The number of hydrogen-bond donors (Lipinski definition) is 0. The predicted octanol–water partition coefficient (Wildman–Crippen LogP) is 3.12. The van der Waals surface area contributed by atoms with Crippen LogP contribution in [-0.2, 0) is 17.8 Å². The van der Waals surface area contributed by atoms with Crippen LogP contribution in [0.3, 0.4) is 0 Å². The molecule has 6 heteroatoms. The van der Waals surface area contributed by atoms with Crippen LogP contribution in [0.25, 0.3) is 0 Å². The Kier molecular flexibility index (Phi) is 6.87. The number of amides is 1. The summed E-state index contributed by atoms with van der Waals surface area (Å²) in [5.41, 5.74) is 2.02. The molecule has 0 aromatic heterocycles. The van der Waals surface area contributed by atoms with Crippen molar-refractivity contribution < 1.29 is 18.7 Å². The van der Waals surface area contributed by atoms with Gasteiger partial charge in [0, 0.05) is 39.1 Å². The van der Waals surface area contributed by atoms with Crippen LogP contribution in [-0.4, -0.2) is 56.1 Å². The Hall–Kier alpha value is -2.60. The van der Waals surface area contributed by atoms with Gasteiger partial charge in [-0.15, -0.1) is 0 Å². The van der Waals surface area contributed by atoms with E-state index in [0.717, 1.165) is 30.0 Å². The molecule has 0 N–H and O–H groups in total. The van der Waals surface area contributed by atoms with Crippen molar-refractivity contribution in [3.05, 3.63) is 59.4 Å². The monoisotopic (exact) mass is 386 g/mol. The highest BCUT2D eigenvalue weighted by Crippen LogP contribution is 2.19. The largest absolute Gasteiger partial charge is 0.497 e. The van der Waals surface area contributed by atoms with E-state index in [1.165, 1.54) is 13.2 Å². The van der Waals surface area contributed by atoms with Crippen molar-refractivity contribution in [3.8, 4) is 11.5 Å². The minimum absolute atomic E-state index is 0.179. The lowest BCUT2D eigenvalue weighted by Crippen LogP contribution is -2.48. The minimum Gasteiger partial charge on any atom is -0.497 e. The van der Waals surface area contributed by atoms with Crippen molar-refractivity contribution in [2.75, 3.05) is 40.4 Å². The van der Waals surface area contributed by atoms with Crippen LogP contribution in [0.2, 0.25) is 0 Å². The molecular formula is C22H27FN2O3. The van der Waals surface area contributed by atoms with Gasteiger partial charge in [-0.05, 0) is 41.8 Å². The van der Waals surface area contributed by atoms with Crippen molar-refractivity contribution in [1.82, 2.24) is 9.80 Å². The van der Waals surface area contributed by atoms with Crippen LogP contribution in [0.4, 0.5) is 4.39 Å². The van der Waals surface area contributed by atoms with Gasteiger partial charge in [0.15, 0.2) is 11.6 Å². The van der Waals surface area contributed by atoms with Crippen molar-refractivity contribution in [2.45, 2.75) is 19.4 Å². The van der Waals surface area contributed by atoms with Gasteiger partial charge in [0.1, 0.15) is 5.75 Å². The summed E-state index contributed by atoms with van der Waals surface area (Å²) in [6, 6.07) is 12.9. The van der Waals surface area contributed by atoms with E-state index in [1.54, 1.807) is 13.2 Å². The van der Waals surface area contributed by atoms with Crippen molar-refractivity contribution >= 4 is 5.91 Å². The molecule has 0 aliphatic carbocycles. The van der Waals surface area contributed by atoms with E-state index in [1.807, 2.05) is 35.2 Å². The zero-order valence-electron chi connectivity index (χ0n) is 16.5. The van der Waals surface area contributed by atoms with Crippen LogP contribution in [0, 0.1) is 5.82 Å². The first-order chi connectivity index (χ1) is 13.6. The minimum atomic E-state index is -0.341. The Bertz CT molecular complexity index is 804. The van der Waals surface area contributed by atoms with E-state index in [9.17, 15) is 9.18 Å². The molecule has 28 heavy (non-hydrogen) atoms. The molecular weight excluding hydrogens is 359 g/mol. The molecule has 1 aliphatic rings. The van der Waals surface area contributed by atoms with Gasteiger partial charge in [-0.25, -0.2) is 4.39 Å². The highest BCUT2D eigenvalue weighted by atomic mass is 19.1. The summed E-state index contributed by atoms with van der Waals surface area (Å²) < 4.78 is 24.0. The smallest absolute Gasteiger partial charge is 0.222 e. The van der Waals surface area contributed by atoms with Gasteiger partial charge >= 0.3 is 0 Å². The molecule has 0 unspecified atom stereocenters. The average molecular weight is 386 g/mol. The highest BCUT2D eigenvalue weighted by Gasteiger charge is 2.21. The molecule has 0 saturated carbocycles. The van der Waals surface area contributed by atoms with Crippen LogP contribution < -0.4 is 9.47 Å². The lowest BCUT2D eigenvalue weighted by atomic mass is 10.1. The number of halogens is 1. The van der Waals surface area contributed by atoms with Gasteiger partial charge in [0.05, 0.1) is 14.2 Å². The molecule has 1 saturated heterocycles. The molecule has 0 atom stereocenters. The second kappa shape index (κ2) is 9.55. The van der Waals surface area contributed by atoms with Crippen molar-refractivity contribution in [2.24, 2.45) is 0 Å². The zero-order chi connectivity index (χ0) is 19.9. The molecule has 2 aromatic carbocycles. The molecule has 1 amide bonds. The molecule has 1 fully saturated rings. The van der Waals surface area contributed by atoms with Gasteiger partial charge < -0.3 is 14.4 Å². The van der Waals surface area contributed by atoms with E-state index in [2.05, 4.69) is 4.90 Å². The average Bonchev–Trinajstić information content (AvgIpc) is 2.73. The summed E-state index contributed by atoms with van der Waals surface area (Å²) in [6.45, 7) is 3.66. The maximum Gasteiger partial charge on any atom is 0.222 e. The first-order valence-corrected chi connectivity index (χ1v) is 9.54. The predicted molar refractivity (Wildman–Crippen MR) is 106 cm³/mol. The maximum absolute atomic E-state index is 13.8. The Labute approximate surface area is 165 Å². The van der Waals surface area contributed by atoms with E-state index in [0.29, 0.717) is 32.5 Å². The molecule has 3 rings (SSSR count). The standard InChI is InChI=1S/C22H27FN2O3/c1-27-19-5-3-4-17(14-19)7-9-22(26)25-12-10-24(11-13-25)16-18-6-8-21(28-2)20(23)15-18/h3-6,8,14-15H,7,9-13,16H2,1-2H3. The second-order valence-electron chi connectivity index (χ2n) is 6.98. The van der Waals surface area contributed by atoms with Crippen LogP contribution >= 0.6 is 0 Å². The van der Waals surface area contributed by atoms with Gasteiger partial charge in [-0.2, -0.15) is 0 Å². The zero-order valence-corrected chi connectivity index (χ0v) is 16.5. The number of methoxy groups -OCH3 is 2. The third kappa shape index (κ3) is 5.23. The summed E-state index contributed by atoms with van der Waals surface area (Å²) in [6.07, 6.45) is 1.21. The topological polar surface area (TPSA) is 42.0 Å². The summed E-state index contributed by atoms with van der Waals surface area (Å²) in [5.74, 6) is 0.910. The van der Waals surface area contributed by atoms with Gasteiger partial charge in [-0.3, -0.25) is 9.69 Å². The van der Waals surface area contributed by atoms with Gasteiger partial charge in [-0.1, -0.05) is 18.2 Å². The number of rotatable bonds is 7. The molecule has 2 aromatic rings. The fourth-order valence-corrected chi connectivity index (χ4v) is 3.46. The molecule has 150 valence electrons. The van der Waals surface area contributed by atoms with Crippen molar-refractivity contribution in [3.63, 3.8) is 0 Å². The lowest BCUT2D eigenvalue weighted by molar-refractivity contribution is -0.133. The summed E-state index contributed by atoms with van der Waals surface area (Å²) in [5, 5.41) is 0. The van der Waals surface area contributed by atoms with E-state index >= 15 is 0 Å². The number of aryl methyl sites for hydroxylation is 1. The first kappa shape index (κ1) is 20.1. The summed E-state index contributed by atoms with van der Waals surface area (Å²) in [4.78, 5) is 16.7. The maximum atomic E-state index is 13.8. The van der Waals surface area contributed by atoms with Crippen molar-refractivity contribution in [1.29, 1.82) is 0 Å². The van der Waals surface area contributed by atoms with Crippen LogP contribution in [0.5, 0.6) is 11.5 Å². The SMILES string of the molecule is COc1cccc(CCC(=O)N2CCN(Cc3ccc(OC)c(F)c3)CC2)c1. The number of nitrogens with zero attached hydrogens (tertiary/aromatic N) is 2. The number of ether oxygens (including phenoxy) is 2. The number of benzene rings is 2. The summed E-state index contributed by atoms with van der Waals surface area (Å²) >= 11 is 0. The van der Waals surface area contributed by atoms with Gasteiger partial charge in [0.25, 0.3) is 0 Å².